The summed E-state index contributed by atoms with van der Waals surface area (Å²) >= 11 is 0. The number of amides is 10. The molecule has 0 aromatic carbocycles. The summed E-state index contributed by atoms with van der Waals surface area (Å²) in [6.07, 6.45) is -0.985. The molecule has 622 valence electrons. The van der Waals surface area contributed by atoms with Gasteiger partial charge >= 0.3 is 12.0 Å². The highest BCUT2D eigenvalue weighted by atomic mass is 16.4. The molecule has 7 unspecified atom stereocenters. The number of nitrogens with one attached hydrogen (secondary N) is 10. The number of ketones is 2. The van der Waals surface area contributed by atoms with Crippen LogP contribution in [0.15, 0.2) is 39.9 Å². The fourth-order valence-corrected chi connectivity index (χ4v) is 10.6. The molecule has 10 amide bonds. The number of carboxylic acid groups (broad SMARTS) is 1. The number of urea groups is 1. The number of aliphatic imine (C=N–C) groups is 8. The lowest BCUT2D eigenvalue weighted by Crippen LogP contribution is -2.60. The molecule has 110 heavy (non-hydrogen) atoms. The van der Waals surface area contributed by atoms with E-state index in [0.29, 0.717) is 6.42 Å². The Morgan fingerprint density at radius 1 is 0.318 bits per heavy atom. The van der Waals surface area contributed by atoms with Gasteiger partial charge in [0.05, 0.1) is 30.7 Å². The zero-order valence-electron chi connectivity index (χ0n) is 62.9. The van der Waals surface area contributed by atoms with Gasteiger partial charge in [0, 0.05) is 71.2 Å². The van der Waals surface area contributed by atoms with Crippen molar-refractivity contribution in [3.05, 3.63) is 0 Å². The van der Waals surface area contributed by atoms with Crippen LogP contribution in [0.3, 0.4) is 0 Å². The third kappa shape index (κ3) is 46.8. The highest BCUT2D eigenvalue weighted by molar-refractivity contribution is 6.41. The first-order valence-electron chi connectivity index (χ1n) is 35.7. The van der Waals surface area contributed by atoms with E-state index in [4.69, 9.17) is 97.5 Å². The predicted octanol–water partition coefficient (Wildman–Crippen LogP) is -11.4. The van der Waals surface area contributed by atoms with E-state index in [2.05, 4.69) is 93.1 Å². The smallest absolute Gasteiger partial charge is 0.312 e. The van der Waals surface area contributed by atoms with Crippen LogP contribution >= 0.6 is 0 Å². The van der Waals surface area contributed by atoms with Crippen LogP contribution in [0, 0.1) is 11.8 Å². The van der Waals surface area contributed by atoms with Gasteiger partial charge in [0.1, 0.15) is 30.2 Å². The molecule has 0 aliphatic rings. The van der Waals surface area contributed by atoms with Gasteiger partial charge in [0.15, 0.2) is 47.7 Å². The van der Waals surface area contributed by atoms with Gasteiger partial charge in [-0.25, -0.2) is 4.79 Å². The summed E-state index contributed by atoms with van der Waals surface area (Å²) in [6.45, 7) is 3.77. The second-order valence-corrected chi connectivity index (χ2v) is 25.4. The second-order valence-electron chi connectivity index (χ2n) is 25.4. The van der Waals surface area contributed by atoms with Crippen molar-refractivity contribution in [2.24, 2.45) is 149 Å². The summed E-state index contributed by atoms with van der Waals surface area (Å²) in [5, 5.41) is 36.3. The van der Waals surface area contributed by atoms with E-state index in [9.17, 15) is 62.6 Å². The van der Waals surface area contributed by atoms with Gasteiger partial charge in [-0.15, -0.1) is 0 Å². The average Bonchev–Trinajstić information content (AvgIpc) is 0.854. The molecule has 0 spiro atoms. The minimum absolute atomic E-state index is 0.00162. The number of guanidine groups is 8. The van der Waals surface area contributed by atoms with Crippen LogP contribution in [0.1, 0.15) is 143 Å². The molecule has 0 aromatic rings. The fourth-order valence-electron chi connectivity index (χ4n) is 10.6. The number of hydrogen-bond acceptors (Lipinski definition) is 21. The Labute approximate surface area is 637 Å². The molecule has 0 bridgehead atoms. The van der Waals surface area contributed by atoms with Gasteiger partial charge < -0.3 is 150 Å². The van der Waals surface area contributed by atoms with Gasteiger partial charge in [-0.2, -0.15) is 0 Å². The third-order valence-corrected chi connectivity index (χ3v) is 16.1. The molecule has 0 heterocycles. The Morgan fingerprint density at radius 3 is 0.791 bits per heavy atom. The van der Waals surface area contributed by atoms with Crippen LogP contribution in [-0.2, 0) is 52.7 Å². The van der Waals surface area contributed by atoms with Gasteiger partial charge in [-0.05, 0) is 122 Å². The first-order valence-corrected chi connectivity index (χ1v) is 35.7. The Hall–Kier alpha value is -12.0. The Morgan fingerprint density at radius 2 is 0.555 bits per heavy atom. The average molecular weight is 1560 g/mol. The number of carbonyl (C=O) groups is 12. The van der Waals surface area contributed by atoms with Crippen LogP contribution in [0.2, 0.25) is 0 Å². The third-order valence-electron chi connectivity index (χ3n) is 16.1. The number of aliphatic carboxylic acids is 1. The molecular formula is C62H121N35O13. The fraction of sp³-hybridized carbons (Fsp3) is 0.677. The minimum atomic E-state index is -1.66. The Bertz CT molecular complexity index is 3210. The van der Waals surface area contributed by atoms with Crippen LogP contribution in [0.25, 0.3) is 0 Å². The van der Waals surface area contributed by atoms with Crippen molar-refractivity contribution < 1.29 is 62.6 Å². The first kappa shape index (κ1) is 98.0. The first-order chi connectivity index (χ1) is 51.8. The maximum absolute atomic E-state index is 14.9. The van der Waals surface area contributed by atoms with Gasteiger partial charge in [-0.3, -0.25) is 98.0 Å². The van der Waals surface area contributed by atoms with E-state index in [0.717, 1.165) is 0 Å². The zero-order valence-corrected chi connectivity index (χ0v) is 62.9. The molecule has 48 nitrogen and oxygen atoms in total. The van der Waals surface area contributed by atoms with E-state index < -0.39 is 131 Å². The summed E-state index contributed by atoms with van der Waals surface area (Å²) in [6, 6.07) is -13.9. The van der Waals surface area contributed by atoms with E-state index in [-0.39, 0.29) is 228 Å². The molecule has 0 saturated carbocycles. The SMILES string of the molecule is CCC(CC(CC(C)C(=O)NCNC(CCCN=C(N)N)C(=O)N[C@@H](CCCN=C(N)N)C(=O)NC(CCCN=C(N)N)C(=O)N[C@@H](CCCN=C(N)N)C(=O)NC(CCCN=C(N)N)C(=O)N[C@@H](CCCN=C(N)N)C(=O)NC(CCCN=C(N)N)C(=O)C(=O)[C@H](CCCN=C(N)N)NC(N)=O)C(=O)O)NC(C)=O. The highest BCUT2D eigenvalue weighted by Crippen LogP contribution is 2.20. The standard InChI is InChI=1S/C62H121N35O13/c1-4-35(90-33(3)98)30-34(53(108)109)29-32(2)46(101)89-31-88-38(15-7-23-82-56(67)68)47(102)92-40(17-9-25-84-58(71)72)49(104)94-42(19-11-27-86-60(75)76)51(106)96-43(20-12-28-87-61(77)78)52(107)95-41(18-10-26-85-59(73)74)50(105)93-39(16-8-24-83-57(69)70)48(103)91-36(13-5-21-80-54(63)64)44(99)45(100)37(97-62(79)110)14-6-22-81-55(65)66/h32,34-43,88H,4-31H2,1-3H3,(H,89,101)(H,90,98)(H,91,103)(H,92,102)(H,93,105)(H,94,104)(H,95,107)(H,96,106)(H,108,109)(H4,63,64,80)(H4,65,66,81)(H4,67,68,82)(H4,69,70,83)(H4,71,72,84)(H4,73,74,85)(H4,75,76,86)(H4,77,78,87)(H3,79,97,110)/t32?,34?,35?,36?,37-,38?,39-,40-,41?,42?,43-/m0/s1. The van der Waals surface area contributed by atoms with Crippen molar-refractivity contribution in [3.8, 4) is 0 Å². The van der Waals surface area contributed by atoms with Crippen LogP contribution in [-0.4, -0.2) is 237 Å². The summed E-state index contributed by atoms with van der Waals surface area (Å²) in [7, 11) is 0. The minimum Gasteiger partial charge on any atom is -0.481 e. The van der Waals surface area contributed by atoms with E-state index in [1.807, 2.05) is 0 Å². The van der Waals surface area contributed by atoms with E-state index in [1.54, 1.807) is 6.92 Å². The largest absolute Gasteiger partial charge is 0.481 e. The van der Waals surface area contributed by atoms with Crippen molar-refractivity contribution in [1.29, 1.82) is 0 Å². The molecule has 0 aromatic heterocycles. The van der Waals surface area contributed by atoms with Crippen molar-refractivity contribution in [1.82, 2.24) is 53.2 Å². The Balaban J connectivity index is 7.84. The lowest BCUT2D eigenvalue weighted by molar-refractivity contribution is -0.143. The van der Waals surface area contributed by atoms with Crippen LogP contribution in [0.4, 0.5) is 4.79 Å². The summed E-state index contributed by atoms with van der Waals surface area (Å²) in [4.78, 5) is 198. The van der Waals surface area contributed by atoms with Crippen molar-refractivity contribution in [3.63, 3.8) is 0 Å². The molecule has 48 heteroatoms. The quantitative estimate of drug-likeness (QED) is 0.00884. The molecule has 45 N–H and O–H groups in total. The maximum atomic E-state index is 14.9. The zero-order chi connectivity index (χ0) is 83.4. The normalized spacial score (nSPS) is 13.7. The summed E-state index contributed by atoms with van der Waals surface area (Å²) < 4.78 is 0. The number of nitrogens with zero attached hydrogens (tertiary/aromatic N) is 8. The van der Waals surface area contributed by atoms with Crippen molar-refractivity contribution >= 4 is 119 Å². The summed E-state index contributed by atoms with van der Waals surface area (Å²) in [5.41, 5.74) is 94.5. The van der Waals surface area contributed by atoms with Gasteiger partial charge in [0.2, 0.25) is 58.8 Å². The van der Waals surface area contributed by atoms with Crippen molar-refractivity contribution in [2.45, 2.75) is 197 Å². The van der Waals surface area contributed by atoms with Gasteiger partial charge in [-0.1, -0.05) is 13.8 Å². The number of carboxylic acids is 1. The molecule has 0 aliphatic carbocycles. The molecule has 0 rings (SSSR count). The van der Waals surface area contributed by atoms with Gasteiger partial charge in [0.25, 0.3) is 0 Å². The molecule has 11 atom stereocenters. The van der Waals surface area contributed by atoms with E-state index in [1.165, 1.54) is 13.8 Å². The van der Waals surface area contributed by atoms with Crippen LogP contribution < -0.4 is 151 Å². The monoisotopic (exact) mass is 1560 g/mol. The van der Waals surface area contributed by atoms with Crippen molar-refractivity contribution in [2.75, 3.05) is 59.0 Å². The van der Waals surface area contributed by atoms with E-state index >= 15 is 0 Å². The lowest BCUT2D eigenvalue weighted by Gasteiger charge is -2.28. The number of primary amides is 1. The second kappa shape index (κ2) is 55.4. The number of Topliss-reactive ketones (excluding diaryl/α,β-unsaturated/α-hetero) is 2. The molecule has 0 saturated heterocycles. The summed E-state index contributed by atoms with van der Waals surface area (Å²) in [5.74, 6) is -14.6. The maximum Gasteiger partial charge on any atom is 0.312 e. The number of nitrogens with two attached hydrogens (primary N) is 17. The van der Waals surface area contributed by atoms with Crippen LogP contribution in [0.5, 0.6) is 0 Å². The molecule has 0 aliphatic heterocycles. The molecular weight excluding hydrogens is 1440 g/mol. The Kier molecular flexibility index (Phi) is 49.3. The predicted molar refractivity (Wildman–Crippen MR) is 415 cm³/mol. The highest BCUT2D eigenvalue weighted by Gasteiger charge is 2.37. The number of carbonyl (C=O) groups excluding carboxylic acids is 11. The molecule has 0 fully saturated rings. The topological polar surface area (TPSA) is 887 Å². The number of rotatable bonds is 59. The molecule has 0 radical (unpaired) electrons. The number of hydrogen-bond donors (Lipinski definition) is 28. The lowest BCUT2D eigenvalue weighted by atomic mass is 9.89.